The van der Waals surface area contributed by atoms with E-state index < -0.39 is 5.97 Å². The Kier molecular flexibility index (Phi) is 5.38. The van der Waals surface area contributed by atoms with Gasteiger partial charge in [0.15, 0.2) is 0 Å². The Morgan fingerprint density at radius 2 is 1.97 bits per heavy atom. The zero-order chi connectivity index (χ0) is 23.4. The lowest BCUT2D eigenvalue weighted by Gasteiger charge is -2.45. The molecule has 3 fully saturated rings. The van der Waals surface area contributed by atoms with Crippen LogP contribution in [0.1, 0.15) is 52.4 Å². The van der Waals surface area contributed by atoms with Crippen molar-refractivity contribution in [2.75, 3.05) is 26.7 Å². The molecule has 0 radical (unpaired) electrons. The lowest BCUT2D eigenvalue weighted by atomic mass is 9.90. The number of methoxy groups -OCH3 is 1. The molecule has 3 heterocycles. The first-order valence-electron chi connectivity index (χ1n) is 12.5. The summed E-state index contributed by atoms with van der Waals surface area (Å²) in [5.74, 6) is 1.71. The summed E-state index contributed by atoms with van der Waals surface area (Å²) in [4.78, 5) is 20.2. The number of H-pyrrole nitrogens is 1. The molecule has 6 rings (SSSR count). The van der Waals surface area contributed by atoms with Crippen molar-refractivity contribution < 1.29 is 14.6 Å². The number of aromatic carboxylic acids is 1. The van der Waals surface area contributed by atoms with Crippen molar-refractivity contribution in [3.63, 3.8) is 0 Å². The van der Waals surface area contributed by atoms with Gasteiger partial charge in [-0.15, -0.1) is 0 Å². The van der Waals surface area contributed by atoms with Crippen LogP contribution in [0.4, 0.5) is 0 Å². The minimum Gasteiger partial charge on any atom is -0.496 e. The average molecular weight is 460 g/mol. The van der Waals surface area contributed by atoms with E-state index in [1.807, 2.05) is 18.3 Å². The molecule has 4 atom stereocenters. The lowest BCUT2D eigenvalue weighted by Crippen LogP contribution is -2.53. The van der Waals surface area contributed by atoms with E-state index in [1.54, 1.807) is 19.2 Å². The Bertz CT molecular complexity index is 1220. The fourth-order valence-electron chi connectivity index (χ4n) is 6.99. The second-order valence-corrected chi connectivity index (χ2v) is 10.4. The fourth-order valence-corrected chi connectivity index (χ4v) is 6.99. The highest BCUT2D eigenvalue weighted by Gasteiger charge is 2.48. The van der Waals surface area contributed by atoms with Crippen LogP contribution in [0, 0.1) is 18.8 Å². The average Bonchev–Trinajstić information content (AvgIpc) is 3.57. The van der Waals surface area contributed by atoms with Crippen LogP contribution in [0.5, 0.6) is 5.75 Å². The molecule has 2 aromatic carbocycles. The SMILES string of the molecule is COc1cc(C)c2[nH]ccc2c1CN1CC2C3CCCC3CN2C[C@H]1c1ccc(C(=O)O)cc1. The zero-order valence-corrected chi connectivity index (χ0v) is 20.0. The molecular formula is C28H33N3O3. The van der Waals surface area contributed by atoms with Crippen LogP contribution >= 0.6 is 0 Å². The predicted molar refractivity (Wildman–Crippen MR) is 132 cm³/mol. The van der Waals surface area contributed by atoms with Gasteiger partial charge in [0.05, 0.1) is 12.7 Å². The first-order valence-corrected chi connectivity index (χ1v) is 12.5. The second-order valence-electron chi connectivity index (χ2n) is 10.4. The van der Waals surface area contributed by atoms with Gasteiger partial charge < -0.3 is 14.8 Å². The van der Waals surface area contributed by atoms with Gasteiger partial charge >= 0.3 is 5.97 Å². The van der Waals surface area contributed by atoms with Crippen molar-refractivity contribution in [2.24, 2.45) is 11.8 Å². The number of carbonyl (C=O) groups is 1. The van der Waals surface area contributed by atoms with E-state index >= 15 is 0 Å². The summed E-state index contributed by atoms with van der Waals surface area (Å²) in [5, 5.41) is 10.6. The van der Waals surface area contributed by atoms with Gasteiger partial charge in [-0.2, -0.15) is 0 Å². The number of benzene rings is 2. The van der Waals surface area contributed by atoms with Crippen LogP contribution in [0.25, 0.3) is 10.9 Å². The zero-order valence-electron chi connectivity index (χ0n) is 20.0. The summed E-state index contributed by atoms with van der Waals surface area (Å²) in [6.07, 6.45) is 6.11. The molecule has 3 unspecified atom stereocenters. The number of ether oxygens (including phenoxy) is 1. The number of carboxylic acid groups (broad SMARTS) is 1. The fraction of sp³-hybridized carbons (Fsp3) is 0.464. The highest BCUT2D eigenvalue weighted by Crippen LogP contribution is 2.46. The van der Waals surface area contributed by atoms with Crippen molar-refractivity contribution in [3.05, 3.63) is 64.8 Å². The lowest BCUT2D eigenvalue weighted by molar-refractivity contribution is 0.0313. The van der Waals surface area contributed by atoms with Crippen LogP contribution in [-0.2, 0) is 6.54 Å². The van der Waals surface area contributed by atoms with Crippen LogP contribution in [0.2, 0.25) is 0 Å². The number of aromatic amines is 1. The monoisotopic (exact) mass is 459 g/mol. The Hall–Kier alpha value is -2.83. The van der Waals surface area contributed by atoms with E-state index in [0.29, 0.717) is 11.6 Å². The van der Waals surface area contributed by atoms with Crippen molar-refractivity contribution in [1.82, 2.24) is 14.8 Å². The molecule has 1 aromatic heterocycles. The smallest absolute Gasteiger partial charge is 0.335 e. The van der Waals surface area contributed by atoms with Gasteiger partial charge in [-0.25, -0.2) is 4.79 Å². The molecule has 0 bridgehead atoms. The molecule has 3 aliphatic rings. The van der Waals surface area contributed by atoms with Gasteiger partial charge in [0.1, 0.15) is 5.75 Å². The van der Waals surface area contributed by atoms with Crippen LogP contribution in [0.3, 0.4) is 0 Å². The molecule has 0 spiro atoms. The maximum atomic E-state index is 11.4. The molecule has 6 nitrogen and oxygen atoms in total. The number of aryl methyl sites for hydroxylation is 1. The summed E-state index contributed by atoms with van der Waals surface area (Å²) in [6.45, 7) is 6.17. The third kappa shape index (κ3) is 3.51. The molecule has 2 N–H and O–H groups in total. The number of aromatic nitrogens is 1. The van der Waals surface area contributed by atoms with E-state index in [-0.39, 0.29) is 6.04 Å². The molecule has 34 heavy (non-hydrogen) atoms. The Labute approximate surface area is 200 Å². The van der Waals surface area contributed by atoms with Gasteiger partial charge in [0.2, 0.25) is 0 Å². The van der Waals surface area contributed by atoms with E-state index in [2.05, 4.69) is 33.8 Å². The molecule has 178 valence electrons. The summed E-state index contributed by atoms with van der Waals surface area (Å²) >= 11 is 0. The third-order valence-electron chi connectivity index (χ3n) is 8.65. The highest BCUT2D eigenvalue weighted by molar-refractivity contribution is 5.88. The Morgan fingerprint density at radius 1 is 1.15 bits per heavy atom. The van der Waals surface area contributed by atoms with Crippen molar-refractivity contribution >= 4 is 16.9 Å². The molecule has 1 aliphatic carbocycles. The number of carboxylic acids is 1. The number of hydrogen-bond donors (Lipinski definition) is 2. The van der Waals surface area contributed by atoms with E-state index in [9.17, 15) is 9.90 Å². The molecule has 2 aliphatic heterocycles. The number of fused-ring (bicyclic) bond motifs is 4. The normalized spacial score (nSPS) is 27.1. The van der Waals surface area contributed by atoms with Gasteiger partial charge in [-0.05, 0) is 67.0 Å². The largest absolute Gasteiger partial charge is 0.496 e. The van der Waals surface area contributed by atoms with Crippen molar-refractivity contribution in [2.45, 2.75) is 44.8 Å². The van der Waals surface area contributed by atoms with Crippen molar-refractivity contribution in [3.8, 4) is 5.75 Å². The molecule has 0 amide bonds. The first-order chi connectivity index (χ1) is 16.5. The quantitative estimate of drug-likeness (QED) is 0.571. The van der Waals surface area contributed by atoms with E-state index in [0.717, 1.165) is 37.2 Å². The van der Waals surface area contributed by atoms with E-state index in [1.165, 1.54) is 53.4 Å². The first kappa shape index (κ1) is 21.7. The number of nitrogens with one attached hydrogen (secondary N) is 1. The third-order valence-corrected chi connectivity index (χ3v) is 8.65. The molecule has 6 heteroatoms. The number of rotatable bonds is 5. The van der Waals surface area contributed by atoms with Crippen LogP contribution in [-0.4, -0.2) is 58.6 Å². The predicted octanol–water partition coefficient (Wildman–Crippen LogP) is 4.84. The topological polar surface area (TPSA) is 68.8 Å². The minimum atomic E-state index is -0.876. The van der Waals surface area contributed by atoms with Crippen LogP contribution < -0.4 is 4.74 Å². The van der Waals surface area contributed by atoms with Crippen molar-refractivity contribution in [1.29, 1.82) is 0 Å². The number of piperazine rings is 1. The molecule has 3 aromatic rings. The highest BCUT2D eigenvalue weighted by atomic mass is 16.5. The maximum absolute atomic E-state index is 11.4. The van der Waals surface area contributed by atoms with E-state index in [4.69, 9.17) is 4.74 Å². The number of nitrogens with zero attached hydrogens (tertiary/aromatic N) is 2. The van der Waals surface area contributed by atoms with Gasteiger partial charge in [-0.3, -0.25) is 9.80 Å². The van der Waals surface area contributed by atoms with Crippen LogP contribution in [0.15, 0.2) is 42.6 Å². The molecular weight excluding hydrogens is 426 g/mol. The van der Waals surface area contributed by atoms with Gasteiger partial charge in [0, 0.05) is 60.9 Å². The summed E-state index contributed by atoms with van der Waals surface area (Å²) < 4.78 is 5.87. The standard InChI is InChI=1S/C28H33N3O3/c1-17-12-26(34-2)23(22-10-11-29-27(17)22)14-31-16-25-21-5-3-4-20(21)13-30(25)15-24(31)18-6-8-19(9-7-18)28(32)33/h6-12,20-21,24-25,29H,3-5,13-16H2,1-2H3,(H,32,33)/t20?,21?,24-,25?/m0/s1. The number of hydrogen-bond acceptors (Lipinski definition) is 4. The van der Waals surface area contributed by atoms with Gasteiger partial charge in [0.25, 0.3) is 0 Å². The van der Waals surface area contributed by atoms with Gasteiger partial charge in [-0.1, -0.05) is 18.6 Å². The summed E-state index contributed by atoms with van der Waals surface area (Å²) in [6, 6.07) is 12.7. The second kappa shape index (κ2) is 8.43. The minimum absolute atomic E-state index is 0.220. The maximum Gasteiger partial charge on any atom is 0.335 e. The Morgan fingerprint density at radius 3 is 2.74 bits per heavy atom. The summed E-state index contributed by atoms with van der Waals surface area (Å²) in [7, 11) is 1.76. The summed E-state index contributed by atoms with van der Waals surface area (Å²) in [5.41, 5.74) is 5.13. The molecule has 1 saturated carbocycles. The molecule has 2 saturated heterocycles. The Balaban J connectivity index is 1.38.